The number of aromatic nitrogens is 5. The molecule has 26 heavy (non-hydrogen) atoms. The predicted octanol–water partition coefficient (Wildman–Crippen LogP) is 3.37. The van der Waals surface area contributed by atoms with Crippen LogP contribution in [0.15, 0.2) is 42.7 Å². The highest BCUT2D eigenvalue weighted by molar-refractivity contribution is 5.51. The number of anilines is 2. The van der Waals surface area contributed by atoms with E-state index in [-0.39, 0.29) is 6.04 Å². The molecule has 4 rings (SSSR count). The molecule has 1 saturated heterocycles. The number of piperidine rings is 1. The zero-order valence-electron chi connectivity index (χ0n) is 14.9. The van der Waals surface area contributed by atoms with Crippen molar-refractivity contribution in [1.82, 2.24) is 30.0 Å². The van der Waals surface area contributed by atoms with Gasteiger partial charge in [-0.25, -0.2) is 15.0 Å². The summed E-state index contributed by atoms with van der Waals surface area (Å²) in [6, 6.07) is 10.2. The fourth-order valence-electron chi connectivity index (χ4n) is 3.50. The molecule has 3 aromatic heterocycles. The van der Waals surface area contributed by atoms with Crippen LogP contribution < -0.4 is 5.32 Å². The van der Waals surface area contributed by atoms with Gasteiger partial charge in [0.1, 0.15) is 17.5 Å². The van der Waals surface area contributed by atoms with Crippen molar-refractivity contribution in [2.24, 2.45) is 0 Å². The Bertz CT molecular complexity index is 832. The highest BCUT2D eigenvalue weighted by Crippen LogP contribution is 2.32. The number of H-pyrrole nitrogens is 1. The molecule has 1 aliphatic heterocycles. The first kappa shape index (κ1) is 16.7. The largest absolute Gasteiger partial charge is 0.325 e. The van der Waals surface area contributed by atoms with Crippen LogP contribution in [0.25, 0.3) is 0 Å². The van der Waals surface area contributed by atoms with Crippen molar-refractivity contribution in [3.63, 3.8) is 0 Å². The van der Waals surface area contributed by atoms with Gasteiger partial charge < -0.3 is 5.32 Å². The molecule has 1 atom stereocenters. The first-order valence-corrected chi connectivity index (χ1v) is 9.04. The van der Waals surface area contributed by atoms with E-state index in [1.807, 2.05) is 31.2 Å². The Balaban J connectivity index is 1.58. The number of aromatic amines is 1. The average Bonchev–Trinajstić information content (AvgIpc) is 3.16. The van der Waals surface area contributed by atoms with Gasteiger partial charge in [-0.3, -0.25) is 10.00 Å². The molecule has 7 heteroatoms. The number of aryl methyl sites for hydroxylation is 1. The lowest BCUT2D eigenvalue weighted by atomic mass is 9.98. The minimum Gasteiger partial charge on any atom is -0.325 e. The van der Waals surface area contributed by atoms with Gasteiger partial charge in [0.15, 0.2) is 0 Å². The minimum absolute atomic E-state index is 0.290. The molecule has 0 aromatic carbocycles. The van der Waals surface area contributed by atoms with Crippen LogP contribution in [0.5, 0.6) is 0 Å². The summed E-state index contributed by atoms with van der Waals surface area (Å²) in [6.07, 6.45) is 7.11. The van der Waals surface area contributed by atoms with E-state index in [1.165, 1.54) is 12.8 Å². The van der Waals surface area contributed by atoms with Crippen LogP contribution in [0.3, 0.4) is 0 Å². The van der Waals surface area contributed by atoms with Crippen LogP contribution in [0, 0.1) is 6.92 Å². The molecular weight excluding hydrogens is 326 g/mol. The first-order chi connectivity index (χ1) is 12.8. The molecule has 1 fully saturated rings. The van der Waals surface area contributed by atoms with Crippen LogP contribution in [0.1, 0.15) is 42.5 Å². The Morgan fingerprint density at radius 1 is 1.15 bits per heavy atom. The van der Waals surface area contributed by atoms with Crippen LogP contribution in [0.4, 0.5) is 11.6 Å². The van der Waals surface area contributed by atoms with Gasteiger partial charge in [0.2, 0.25) is 0 Å². The van der Waals surface area contributed by atoms with E-state index in [4.69, 9.17) is 4.98 Å². The zero-order valence-corrected chi connectivity index (χ0v) is 14.9. The van der Waals surface area contributed by atoms with E-state index in [1.54, 1.807) is 12.4 Å². The molecule has 7 nitrogen and oxygen atoms in total. The van der Waals surface area contributed by atoms with Crippen molar-refractivity contribution in [1.29, 1.82) is 0 Å². The second kappa shape index (κ2) is 7.61. The van der Waals surface area contributed by atoms with Crippen molar-refractivity contribution in [2.45, 2.75) is 38.8 Å². The summed E-state index contributed by atoms with van der Waals surface area (Å²) in [5.74, 6) is 2.35. The number of hydrogen-bond donors (Lipinski definition) is 2. The Kier molecular flexibility index (Phi) is 4.88. The molecule has 0 amide bonds. The van der Waals surface area contributed by atoms with Crippen molar-refractivity contribution in [2.75, 3.05) is 11.9 Å². The Hall–Kier alpha value is -2.80. The maximum Gasteiger partial charge on any atom is 0.135 e. The van der Waals surface area contributed by atoms with E-state index >= 15 is 0 Å². The third-order valence-electron chi connectivity index (χ3n) is 4.67. The van der Waals surface area contributed by atoms with Crippen LogP contribution in [-0.4, -0.2) is 36.6 Å². The van der Waals surface area contributed by atoms with Gasteiger partial charge in [0, 0.05) is 30.7 Å². The Labute approximate surface area is 152 Å². The van der Waals surface area contributed by atoms with Gasteiger partial charge in [-0.2, -0.15) is 5.10 Å². The molecular formula is C19H23N7. The highest BCUT2D eigenvalue weighted by Gasteiger charge is 2.26. The standard InChI is InChI=1S/C19H23N7/c1-14-22-16(12-19(23-14)24-18-7-2-4-9-20-18)17-6-3-5-11-26(17)13-15-8-10-21-25-15/h2,4,7-10,12,17H,3,5-6,11,13H2,1H3,(H,21,25)(H,20,22,23,24). The van der Waals surface area contributed by atoms with Crippen molar-refractivity contribution >= 4 is 11.6 Å². The molecule has 1 unspecified atom stereocenters. The number of nitrogens with one attached hydrogen (secondary N) is 2. The molecule has 0 aliphatic carbocycles. The van der Waals surface area contributed by atoms with Crippen molar-refractivity contribution in [3.05, 3.63) is 59.9 Å². The van der Waals surface area contributed by atoms with Crippen LogP contribution in [-0.2, 0) is 6.54 Å². The first-order valence-electron chi connectivity index (χ1n) is 9.04. The summed E-state index contributed by atoms with van der Waals surface area (Å²) < 4.78 is 0. The van der Waals surface area contributed by atoms with Gasteiger partial charge in [0.05, 0.1) is 11.7 Å². The fraction of sp³-hybridized carbons (Fsp3) is 0.368. The van der Waals surface area contributed by atoms with Gasteiger partial charge in [0.25, 0.3) is 0 Å². The summed E-state index contributed by atoms with van der Waals surface area (Å²) in [6.45, 7) is 3.86. The summed E-state index contributed by atoms with van der Waals surface area (Å²) in [7, 11) is 0. The monoisotopic (exact) mass is 349 g/mol. The lowest BCUT2D eigenvalue weighted by Crippen LogP contribution is -2.33. The molecule has 2 N–H and O–H groups in total. The zero-order chi connectivity index (χ0) is 17.8. The summed E-state index contributed by atoms with van der Waals surface area (Å²) in [5.41, 5.74) is 2.20. The quantitative estimate of drug-likeness (QED) is 0.735. The number of nitrogens with zero attached hydrogens (tertiary/aromatic N) is 5. The van der Waals surface area contributed by atoms with E-state index < -0.39 is 0 Å². The third kappa shape index (κ3) is 3.88. The third-order valence-corrected chi connectivity index (χ3v) is 4.67. The van der Waals surface area contributed by atoms with Gasteiger partial charge in [-0.15, -0.1) is 0 Å². The van der Waals surface area contributed by atoms with E-state index in [0.29, 0.717) is 0 Å². The highest BCUT2D eigenvalue weighted by atomic mass is 15.2. The van der Waals surface area contributed by atoms with Crippen molar-refractivity contribution in [3.8, 4) is 0 Å². The second-order valence-corrected chi connectivity index (χ2v) is 6.63. The number of pyridine rings is 1. The van der Waals surface area contributed by atoms with Gasteiger partial charge >= 0.3 is 0 Å². The number of rotatable bonds is 5. The molecule has 4 heterocycles. The minimum atomic E-state index is 0.290. The average molecular weight is 349 g/mol. The lowest BCUT2D eigenvalue weighted by Gasteiger charge is -2.35. The molecule has 0 saturated carbocycles. The fourth-order valence-corrected chi connectivity index (χ4v) is 3.50. The smallest absolute Gasteiger partial charge is 0.135 e. The number of likely N-dealkylation sites (tertiary alicyclic amines) is 1. The number of hydrogen-bond acceptors (Lipinski definition) is 6. The van der Waals surface area contributed by atoms with Crippen LogP contribution >= 0.6 is 0 Å². The molecule has 134 valence electrons. The SMILES string of the molecule is Cc1nc(Nc2ccccn2)cc(C2CCCCN2Cc2ccn[nH]2)n1. The van der Waals surface area contributed by atoms with Gasteiger partial charge in [-0.05, 0) is 44.5 Å². The van der Waals surface area contributed by atoms with E-state index in [0.717, 1.165) is 48.4 Å². The summed E-state index contributed by atoms with van der Waals surface area (Å²) in [4.78, 5) is 16.1. The Morgan fingerprint density at radius 2 is 2.12 bits per heavy atom. The topological polar surface area (TPSA) is 82.6 Å². The second-order valence-electron chi connectivity index (χ2n) is 6.63. The summed E-state index contributed by atoms with van der Waals surface area (Å²) in [5, 5.41) is 10.4. The normalized spacial score (nSPS) is 18.0. The van der Waals surface area contributed by atoms with E-state index in [2.05, 4.69) is 36.4 Å². The van der Waals surface area contributed by atoms with Crippen LogP contribution in [0.2, 0.25) is 0 Å². The maximum atomic E-state index is 4.74. The van der Waals surface area contributed by atoms with E-state index in [9.17, 15) is 0 Å². The molecule has 1 aliphatic rings. The molecule has 0 bridgehead atoms. The molecule has 3 aromatic rings. The maximum absolute atomic E-state index is 4.74. The van der Waals surface area contributed by atoms with Gasteiger partial charge in [-0.1, -0.05) is 12.5 Å². The summed E-state index contributed by atoms with van der Waals surface area (Å²) >= 11 is 0. The Morgan fingerprint density at radius 3 is 2.92 bits per heavy atom. The lowest BCUT2D eigenvalue weighted by molar-refractivity contribution is 0.135. The van der Waals surface area contributed by atoms with Crippen molar-refractivity contribution < 1.29 is 0 Å². The predicted molar refractivity (Wildman–Crippen MR) is 99.9 cm³/mol. The molecule has 0 spiro atoms. The molecule has 0 radical (unpaired) electrons.